The minimum atomic E-state index is 0.368. The van der Waals surface area contributed by atoms with Gasteiger partial charge < -0.3 is 19.4 Å². The molecule has 27 heavy (non-hydrogen) atoms. The van der Waals surface area contributed by atoms with Gasteiger partial charge in [0.25, 0.3) is 0 Å². The van der Waals surface area contributed by atoms with Gasteiger partial charge >= 0.3 is 0 Å². The second-order valence-corrected chi connectivity index (χ2v) is 5.71. The summed E-state index contributed by atoms with van der Waals surface area (Å²) in [5.74, 6) is 1.98. The molecular weight excluding hydrogens is 342 g/mol. The first kappa shape index (κ1) is 18.3. The molecule has 0 aliphatic heterocycles. The largest absolute Gasteiger partial charge is 0.493 e. The Labute approximate surface area is 158 Å². The topological polar surface area (TPSA) is 60.3 Å². The zero-order chi connectivity index (χ0) is 18.9. The van der Waals surface area contributed by atoms with E-state index >= 15 is 0 Å². The Morgan fingerprint density at radius 2 is 1.52 bits per heavy atom. The number of ether oxygens (including phenoxy) is 3. The zero-order valence-corrected chi connectivity index (χ0v) is 15.0. The van der Waals surface area contributed by atoms with Crippen molar-refractivity contribution in [2.75, 3.05) is 20.3 Å². The molecule has 138 valence electrons. The van der Waals surface area contributed by atoms with Gasteiger partial charge in [0.15, 0.2) is 11.5 Å². The standard InChI is InChI=1S/C22H21NO4/c1-25-22-15-17(16-23-24)11-12-21(22)27-14-13-26-20-10-6-5-9-19(20)18-7-3-2-4-8-18/h2-12,15-16,24H,13-14H2,1H3. The highest BCUT2D eigenvalue weighted by Crippen LogP contribution is 2.30. The molecule has 5 nitrogen and oxygen atoms in total. The van der Waals surface area contributed by atoms with E-state index in [0.717, 1.165) is 22.4 Å². The quantitative estimate of drug-likeness (QED) is 0.274. The second kappa shape index (κ2) is 9.29. The van der Waals surface area contributed by atoms with Crippen LogP contribution in [0.25, 0.3) is 11.1 Å². The van der Waals surface area contributed by atoms with E-state index in [1.54, 1.807) is 25.3 Å². The molecule has 0 saturated heterocycles. The molecule has 0 aromatic heterocycles. The molecule has 0 spiro atoms. The highest BCUT2D eigenvalue weighted by Gasteiger charge is 2.07. The Bertz CT molecular complexity index is 894. The van der Waals surface area contributed by atoms with Gasteiger partial charge in [0.2, 0.25) is 0 Å². The van der Waals surface area contributed by atoms with E-state index in [1.807, 2.05) is 42.5 Å². The molecular formula is C22H21NO4. The third-order valence-electron chi connectivity index (χ3n) is 3.96. The molecule has 0 fully saturated rings. The monoisotopic (exact) mass is 363 g/mol. The van der Waals surface area contributed by atoms with Crippen molar-refractivity contribution in [2.24, 2.45) is 5.16 Å². The summed E-state index contributed by atoms with van der Waals surface area (Å²) < 4.78 is 17.0. The van der Waals surface area contributed by atoms with E-state index in [2.05, 4.69) is 17.3 Å². The molecule has 0 atom stereocenters. The summed E-state index contributed by atoms with van der Waals surface area (Å²) in [4.78, 5) is 0. The fourth-order valence-electron chi connectivity index (χ4n) is 2.70. The Balaban J connectivity index is 1.62. The number of benzene rings is 3. The lowest BCUT2D eigenvalue weighted by Crippen LogP contribution is -2.10. The Hall–Kier alpha value is -3.47. The number of hydrogen-bond acceptors (Lipinski definition) is 5. The van der Waals surface area contributed by atoms with Gasteiger partial charge in [-0.15, -0.1) is 0 Å². The van der Waals surface area contributed by atoms with Crippen LogP contribution in [-0.4, -0.2) is 31.7 Å². The van der Waals surface area contributed by atoms with Crippen LogP contribution in [-0.2, 0) is 0 Å². The first-order valence-corrected chi connectivity index (χ1v) is 8.57. The first-order valence-electron chi connectivity index (χ1n) is 8.57. The highest BCUT2D eigenvalue weighted by atomic mass is 16.5. The van der Waals surface area contributed by atoms with E-state index in [4.69, 9.17) is 19.4 Å². The number of rotatable bonds is 8. The van der Waals surface area contributed by atoms with Crippen molar-refractivity contribution in [1.82, 2.24) is 0 Å². The third kappa shape index (κ3) is 4.79. The van der Waals surface area contributed by atoms with E-state index in [1.165, 1.54) is 6.21 Å². The maximum atomic E-state index is 8.62. The summed E-state index contributed by atoms with van der Waals surface area (Å²) in [5, 5.41) is 11.6. The average molecular weight is 363 g/mol. The molecule has 0 aliphatic carbocycles. The van der Waals surface area contributed by atoms with Crippen LogP contribution in [0, 0.1) is 0 Å². The van der Waals surface area contributed by atoms with Crippen LogP contribution in [0.2, 0.25) is 0 Å². The summed E-state index contributed by atoms with van der Waals surface area (Å²) in [6, 6.07) is 23.3. The third-order valence-corrected chi connectivity index (χ3v) is 3.96. The molecule has 0 saturated carbocycles. The van der Waals surface area contributed by atoms with Crippen LogP contribution in [0.3, 0.4) is 0 Å². The van der Waals surface area contributed by atoms with Crippen molar-refractivity contribution in [3.63, 3.8) is 0 Å². The molecule has 0 radical (unpaired) electrons. The van der Waals surface area contributed by atoms with Gasteiger partial charge in [-0.3, -0.25) is 0 Å². The van der Waals surface area contributed by atoms with Crippen molar-refractivity contribution in [1.29, 1.82) is 0 Å². The predicted octanol–water partition coefficient (Wildman–Crippen LogP) is 4.63. The van der Waals surface area contributed by atoms with Crippen molar-refractivity contribution in [2.45, 2.75) is 0 Å². The lowest BCUT2D eigenvalue weighted by Gasteiger charge is -2.14. The summed E-state index contributed by atoms with van der Waals surface area (Å²) in [5.41, 5.74) is 2.87. The normalized spacial score (nSPS) is 10.7. The minimum Gasteiger partial charge on any atom is -0.493 e. The van der Waals surface area contributed by atoms with Crippen LogP contribution in [0.5, 0.6) is 17.2 Å². The van der Waals surface area contributed by atoms with E-state index < -0.39 is 0 Å². The smallest absolute Gasteiger partial charge is 0.161 e. The van der Waals surface area contributed by atoms with Crippen LogP contribution in [0.1, 0.15) is 5.56 Å². The molecule has 0 aliphatic rings. The number of nitrogens with zero attached hydrogens (tertiary/aromatic N) is 1. The number of oxime groups is 1. The fourth-order valence-corrected chi connectivity index (χ4v) is 2.70. The summed E-state index contributed by atoms with van der Waals surface area (Å²) in [7, 11) is 1.56. The Morgan fingerprint density at radius 1 is 0.815 bits per heavy atom. The molecule has 3 rings (SSSR count). The molecule has 1 N–H and O–H groups in total. The number of methoxy groups -OCH3 is 1. The Morgan fingerprint density at radius 3 is 2.26 bits per heavy atom. The molecule has 0 bridgehead atoms. The fraction of sp³-hybridized carbons (Fsp3) is 0.136. The minimum absolute atomic E-state index is 0.368. The predicted molar refractivity (Wildman–Crippen MR) is 105 cm³/mol. The van der Waals surface area contributed by atoms with Crippen LogP contribution in [0.15, 0.2) is 78.0 Å². The van der Waals surface area contributed by atoms with Crippen molar-refractivity contribution in [3.8, 4) is 28.4 Å². The van der Waals surface area contributed by atoms with Gasteiger partial charge in [-0.25, -0.2) is 0 Å². The summed E-state index contributed by atoms with van der Waals surface area (Å²) in [6.45, 7) is 0.764. The first-order chi connectivity index (χ1) is 13.3. The van der Waals surface area contributed by atoms with Gasteiger partial charge in [-0.2, -0.15) is 0 Å². The SMILES string of the molecule is COc1cc(C=NO)ccc1OCCOc1ccccc1-c1ccccc1. The summed E-state index contributed by atoms with van der Waals surface area (Å²) in [6.07, 6.45) is 1.33. The van der Waals surface area contributed by atoms with Gasteiger partial charge in [-0.1, -0.05) is 53.7 Å². The molecule has 3 aromatic carbocycles. The zero-order valence-electron chi connectivity index (χ0n) is 15.0. The lowest BCUT2D eigenvalue weighted by molar-refractivity contribution is 0.212. The maximum Gasteiger partial charge on any atom is 0.161 e. The molecule has 3 aromatic rings. The maximum absolute atomic E-state index is 8.62. The van der Waals surface area contributed by atoms with Crippen LogP contribution >= 0.6 is 0 Å². The van der Waals surface area contributed by atoms with Gasteiger partial charge in [0.1, 0.15) is 19.0 Å². The second-order valence-electron chi connectivity index (χ2n) is 5.71. The van der Waals surface area contributed by atoms with Gasteiger partial charge in [0.05, 0.1) is 13.3 Å². The average Bonchev–Trinajstić information content (AvgIpc) is 2.73. The van der Waals surface area contributed by atoms with Crippen molar-refractivity contribution in [3.05, 3.63) is 78.4 Å². The summed E-state index contributed by atoms with van der Waals surface area (Å²) >= 11 is 0. The number of hydrogen-bond donors (Lipinski definition) is 1. The van der Waals surface area contributed by atoms with E-state index in [-0.39, 0.29) is 0 Å². The van der Waals surface area contributed by atoms with E-state index in [9.17, 15) is 0 Å². The molecule has 5 heteroatoms. The lowest BCUT2D eigenvalue weighted by atomic mass is 10.1. The molecule has 0 amide bonds. The molecule has 0 heterocycles. The van der Waals surface area contributed by atoms with Crippen molar-refractivity contribution >= 4 is 6.21 Å². The molecule has 0 unspecified atom stereocenters. The van der Waals surface area contributed by atoms with Crippen LogP contribution in [0.4, 0.5) is 0 Å². The van der Waals surface area contributed by atoms with Crippen LogP contribution < -0.4 is 14.2 Å². The Kier molecular flexibility index (Phi) is 6.30. The highest BCUT2D eigenvalue weighted by molar-refractivity contribution is 5.80. The van der Waals surface area contributed by atoms with Crippen molar-refractivity contribution < 1.29 is 19.4 Å². The van der Waals surface area contributed by atoms with Gasteiger partial charge in [0, 0.05) is 11.1 Å². The van der Waals surface area contributed by atoms with Gasteiger partial charge in [-0.05, 0) is 29.8 Å². The number of para-hydroxylation sites is 1. The van der Waals surface area contributed by atoms with E-state index in [0.29, 0.717) is 24.7 Å².